The van der Waals surface area contributed by atoms with Gasteiger partial charge in [-0.2, -0.15) is 0 Å². The van der Waals surface area contributed by atoms with Gasteiger partial charge < -0.3 is 29.7 Å². The lowest BCUT2D eigenvalue weighted by Gasteiger charge is -2.33. The molecule has 15 heteroatoms. The van der Waals surface area contributed by atoms with E-state index < -0.39 is 74.3 Å². The third-order valence-corrected chi connectivity index (χ3v) is 12.6. The number of carbonyl (C=O) groups excluding carboxylic acids is 4. The van der Waals surface area contributed by atoms with Crippen molar-refractivity contribution < 1.29 is 41.8 Å². The quantitative estimate of drug-likeness (QED) is 0.300. The minimum atomic E-state index is -3.90. The second-order valence-corrected chi connectivity index (χ2v) is 18.7. The Balaban J connectivity index is 1.34. The van der Waals surface area contributed by atoms with Crippen LogP contribution in [0.25, 0.3) is 10.8 Å². The fraction of sp³-hybridized carbons (Fsp3) is 0.625. The molecular formula is C40H55N5O9S. The highest BCUT2D eigenvalue weighted by molar-refractivity contribution is 7.91. The number of alkyl carbamates (subject to hydrolysis) is 1. The highest BCUT2D eigenvalue weighted by Crippen LogP contribution is 2.46. The van der Waals surface area contributed by atoms with Gasteiger partial charge in [-0.1, -0.05) is 51.1 Å². The molecule has 14 nitrogen and oxygen atoms in total. The first-order valence-corrected chi connectivity index (χ1v) is 21.1. The van der Waals surface area contributed by atoms with Gasteiger partial charge in [0.1, 0.15) is 35.1 Å². The summed E-state index contributed by atoms with van der Waals surface area (Å²) >= 11 is 0. The van der Waals surface area contributed by atoms with E-state index in [1.165, 1.54) is 4.90 Å². The third-order valence-electron chi connectivity index (χ3n) is 10.8. The maximum Gasteiger partial charge on any atom is 0.408 e. The first-order chi connectivity index (χ1) is 26.0. The predicted molar refractivity (Wildman–Crippen MR) is 206 cm³/mol. The first-order valence-electron chi connectivity index (χ1n) is 19.5. The van der Waals surface area contributed by atoms with Crippen LogP contribution in [0.15, 0.2) is 42.6 Å². The highest BCUT2D eigenvalue weighted by Gasteiger charge is 2.62. The monoisotopic (exact) mass is 781 g/mol. The molecule has 0 spiro atoms. The normalized spacial score (nSPS) is 28.9. The SMILES string of the molecule is CCCOc1cnc(OC2CC3C(=O)NC4(C(=O)NS(=O)(=O)C5CC5)CC4C=CCCC(C)CC(C)C(NC(=O)OC(C)(C)C)C(=O)N3C2)c2ccccc12. The second-order valence-electron chi connectivity index (χ2n) is 16.7. The maximum atomic E-state index is 14.8. The number of aromatic nitrogens is 1. The summed E-state index contributed by atoms with van der Waals surface area (Å²) in [7, 11) is -3.90. The molecule has 4 aliphatic rings. The molecule has 3 heterocycles. The zero-order valence-electron chi connectivity index (χ0n) is 32.6. The zero-order chi connectivity index (χ0) is 39.7. The Bertz CT molecular complexity index is 1930. The molecular weight excluding hydrogens is 727 g/mol. The van der Waals surface area contributed by atoms with E-state index in [2.05, 4.69) is 27.3 Å². The van der Waals surface area contributed by atoms with Crippen molar-refractivity contribution in [2.24, 2.45) is 17.8 Å². The summed E-state index contributed by atoms with van der Waals surface area (Å²) in [4.78, 5) is 62.2. The topological polar surface area (TPSA) is 182 Å². The van der Waals surface area contributed by atoms with Crippen LogP contribution in [0.2, 0.25) is 0 Å². The van der Waals surface area contributed by atoms with Gasteiger partial charge in [-0.15, -0.1) is 0 Å². The fourth-order valence-corrected chi connectivity index (χ4v) is 9.02. The van der Waals surface area contributed by atoms with E-state index >= 15 is 0 Å². The van der Waals surface area contributed by atoms with E-state index in [0.29, 0.717) is 49.3 Å². The summed E-state index contributed by atoms with van der Waals surface area (Å²) in [5.41, 5.74) is -2.33. The van der Waals surface area contributed by atoms with Crippen molar-refractivity contribution >= 4 is 44.6 Å². The molecule has 4 amide bonds. The molecule has 3 N–H and O–H groups in total. The lowest BCUT2D eigenvalue weighted by Crippen LogP contribution is -2.59. The van der Waals surface area contributed by atoms with Crippen molar-refractivity contribution in [3.63, 3.8) is 0 Å². The largest absolute Gasteiger partial charge is 0.491 e. The van der Waals surface area contributed by atoms with Gasteiger partial charge in [0, 0.05) is 23.1 Å². The highest BCUT2D eigenvalue weighted by atomic mass is 32.2. The lowest BCUT2D eigenvalue weighted by molar-refractivity contribution is -0.142. The van der Waals surface area contributed by atoms with Crippen molar-refractivity contribution in [1.29, 1.82) is 0 Å². The van der Waals surface area contributed by atoms with Crippen molar-refractivity contribution in [2.75, 3.05) is 13.2 Å². The van der Waals surface area contributed by atoms with Crippen LogP contribution in [0.4, 0.5) is 4.79 Å². The number of amides is 4. The number of ether oxygens (including phenoxy) is 3. The summed E-state index contributed by atoms with van der Waals surface area (Å²) in [6.07, 6.45) is 8.04. The number of nitrogens with one attached hydrogen (secondary N) is 3. The van der Waals surface area contributed by atoms with Crippen LogP contribution in [-0.2, 0) is 29.1 Å². The van der Waals surface area contributed by atoms with Crippen LogP contribution in [0, 0.1) is 17.8 Å². The molecule has 7 unspecified atom stereocenters. The molecule has 1 saturated heterocycles. The molecule has 55 heavy (non-hydrogen) atoms. The maximum absolute atomic E-state index is 14.8. The van der Waals surface area contributed by atoms with Crippen molar-refractivity contribution in [3.8, 4) is 11.6 Å². The van der Waals surface area contributed by atoms with Gasteiger partial charge in [0.15, 0.2) is 0 Å². The Morgan fingerprint density at radius 3 is 2.49 bits per heavy atom. The van der Waals surface area contributed by atoms with E-state index in [0.717, 1.165) is 18.2 Å². The molecule has 2 aromatic rings. The molecule has 1 aromatic heterocycles. The van der Waals surface area contributed by atoms with Gasteiger partial charge in [0.2, 0.25) is 27.7 Å². The van der Waals surface area contributed by atoms with E-state index in [9.17, 15) is 27.6 Å². The number of carbonyl (C=O) groups is 4. The Hall–Kier alpha value is -4.40. The molecule has 2 aliphatic carbocycles. The first kappa shape index (κ1) is 40.3. The van der Waals surface area contributed by atoms with Gasteiger partial charge in [-0.3, -0.25) is 19.1 Å². The average molecular weight is 782 g/mol. The standard InChI is InChI=1S/C40H55N5O9S/c1-7-18-52-32-22-41-35(30-15-11-10-14-29(30)32)53-27-20-31-34(46)43-40(37(48)44-55(50,51)28-16-17-28)21-26(40)13-9-8-12-24(2)19-25(3)33(36(47)45(31)23-27)42-38(49)54-39(4,5)6/h9-11,13-15,22,24-28,31,33H,7-8,12,16-21,23H2,1-6H3,(H,42,49)(H,43,46)(H,44,48). The van der Waals surface area contributed by atoms with Gasteiger partial charge in [0.05, 0.1) is 24.6 Å². The smallest absolute Gasteiger partial charge is 0.408 e. The van der Waals surface area contributed by atoms with Crippen molar-refractivity contribution in [1.82, 2.24) is 25.2 Å². The number of fused-ring (bicyclic) bond motifs is 3. The van der Waals surface area contributed by atoms with E-state index in [-0.39, 0.29) is 31.2 Å². The Kier molecular flexibility index (Phi) is 11.7. The van der Waals surface area contributed by atoms with Crippen molar-refractivity contribution in [2.45, 2.75) is 127 Å². The molecule has 0 bridgehead atoms. The summed E-state index contributed by atoms with van der Waals surface area (Å²) < 4.78 is 46.0. The summed E-state index contributed by atoms with van der Waals surface area (Å²) in [6.45, 7) is 11.7. The molecule has 0 radical (unpaired) electrons. The van der Waals surface area contributed by atoms with E-state index in [1.54, 1.807) is 27.0 Å². The lowest BCUT2D eigenvalue weighted by atomic mass is 9.88. The summed E-state index contributed by atoms with van der Waals surface area (Å²) in [6, 6.07) is 5.36. The second kappa shape index (κ2) is 16.0. The third kappa shape index (κ3) is 9.36. The summed E-state index contributed by atoms with van der Waals surface area (Å²) in [5.74, 6) is -1.61. The van der Waals surface area contributed by atoms with Gasteiger partial charge in [-0.25, -0.2) is 18.2 Å². The fourth-order valence-electron chi connectivity index (χ4n) is 7.65. The van der Waals surface area contributed by atoms with Crippen LogP contribution < -0.4 is 24.8 Å². The molecule has 300 valence electrons. The Morgan fingerprint density at radius 1 is 1.07 bits per heavy atom. The number of pyridine rings is 1. The summed E-state index contributed by atoms with van der Waals surface area (Å²) in [5, 5.41) is 6.58. The van der Waals surface area contributed by atoms with E-state index in [1.807, 2.05) is 50.3 Å². The minimum Gasteiger partial charge on any atom is -0.491 e. The van der Waals surface area contributed by atoms with Crippen LogP contribution in [0.3, 0.4) is 0 Å². The van der Waals surface area contributed by atoms with E-state index in [4.69, 9.17) is 14.2 Å². The molecule has 1 aromatic carbocycles. The Labute approximate surface area is 323 Å². The van der Waals surface area contributed by atoms with Crippen LogP contribution in [0.1, 0.15) is 92.9 Å². The predicted octanol–water partition coefficient (Wildman–Crippen LogP) is 4.76. The van der Waals surface area contributed by atoms with Crippen molar-refractivity contribution in [3.05, 3.63) is 42.6 Å². The molecule has 7 atom stereocenters. The van der Waals surface area contributed by atoms with Gasteiger partial charge in [0.25, 0.3) is 5.91 Å². The minimum absolute atomic E-state index is 0.0195. The molecule has 2 saturated carbocycles. The average Bonchev–Trinajstić information content (AvgIpc) is 4.04. The van der Waals surface area contributed by atoms with Gasteiger partial charge in [-0.05, 0) is 83.6 Å². The number of hydrogen-bond acceptors (Lipinski definition) is 10. The zero-order valence-corrected chi connectivity index (χ0v) is 33.4. The molecule has 3 fully saturated rings. The number of benzene rings is 1. The van der Waals surface area contributed by atoms with Gasteiger partial charge >= 0.3 is 6.09 Å². The van der Waals surface area contributed by atoms with Crippen LogP contribution in [0.5, 0.6) is 11.6 Å². The number of rotatable bonds is 9. The number of hydrogen-bond donors (Lipinski definition) is 3. The Morgan fingerprint density at radius 2 is 1.80 bits per heavy atom. The van der Waals surface area contributed by atoms with Crippen LogP contribution >= 0.6 is 0 Å². The number of nitrogens with zero attached hydrogens (tertiary/aromatic N) is 2. The number of sulfonamides is 1. The molecule has 2 aliphatic heterocycles. The van der Waals surface area contributed by atoms with Crippen LogP contribution in [-0.4, -0.2) is 89.8 Å². The number of allylic oxidation sites excluding steroid dienone is 1. The molecule has 6 rings (SSSR count).